The highest BCUT2D eigenvalue weighted by Gasteiger charge is 2.22. The quantitative estimate of drug-likeness (QED) is 0.920. The van der Waals surface area contributed by atoms with E-state index in [2.05, 4.69) is 21.0 Å². The predicted molar refractivity (Wildman–Crippen MR) is 59.0 cm³/mol. The molecule has 0 bridgehead atoms. The SMILES string of the molecule is Cc1c(Br)c(C(=O)O)nn1CC1CCC1. The lowest BCUT2D eigenvalue weighted by Crippen LogP contribution is -2.19. The summed E-state index contributed by atoms with van der Waals surface area (Å²) < 4.78 is 2.41. The highest BCUT2D eigenvalue weighted by Crippen LogP contribution is 2.29. The van der Waals surface area contributed by atoms with E-state index < -0.39 is 5.97 Å². The van der Waals surface area contributed by atoms with Crippen LogP contribution in [0.5, 0.6) is 0 Å². The molecule has 2 rings (SSSR count). The van der Waals surface area contributed by atoms with Crippen LogP contribution in [-0.2, 0) is 6.54 Å². The van der Waals surface area contributed by atoms with Crippen LogP contribution in [0.15, 0.2) is 4.47 Å². The zero-order valence-corrected chi connectivity index (χ0v) is 10.1. The molecule has 0 amide bonds. The first-order chi connectivity index (χ1) is 7.09. The lowest BCUT2D eigenvalue weighted by molar-refractivity contribution is 0.0688. The number of rotatable bonds is 3. The van der Waals surface area contributed by atoms with E-state index in [-0.39, 0.29) is 5.69 Å². The summed E-state index contributed by atoms with van der Waals surface area (Å²) >= 11 is 3.27. The largest absolute Gasteiger partial charge is 0.476 e. The number of aromatic nitrogens is 2. The number of carbonyl (C=O) groups is 1. The van der Waals surface area contributed by atoms with E-state index in [9.17, 15) is 4.79 Å². The molecule has 1 aromatic rings. The fourth-order valence-electron chi connectivity index (χ4n) is 1.76. The van der Waals surface area contributed by atoms with E-state index in [1.54, 1.807) is 4.68 Å². The number of nitrogens with zero attached hydrogens (tertiary/aromatic N) is 2. The third kappa shape index (κ3) is 1.93. The minimum absolute atomic E-state index is 0.117. The van der Waals surface area contributed by atoms with Crippen LogP contribution in [-0.4, -0.2) is 20.9 Å². The Hall–Kier alpha value is -0.840. The van der Waals surface area contributed by atoms with Crippen molar-refractivity contribution >= 4 is 21.9 Å². The summed E-state index contributed by atoms with van der Waals surface area (Å²) in [5.41, 5.74) is 1.02. The van der Waals surface area contributed by atoms with Gasteiger partial charge in [0.15, 0.2) is 5.69 Å². The molecular weight excluding hydrogens is 260 g/mol. The first kappa shape index (κ1) is 10.7. The molecule has 1 aromatic heterocycles. The molecule has 5 heteroatoms. The number of hydrogen-bond acceptors (Lipinski definition) is 2. The van der Waals surface area contributed by atoms with Crippen molar-refractivity contribution in [2.24, 2.45) is 5.92 Å². The Morgan fingerprint density at radius 2 is 2.33 bits per heavy atom. The van der Waals surface area contributed by atoms with Crippen LogP contribution in [0.3, 0.4) is 0 Å². The molecule has 0 aliphatic heterocycles. The van der Waals surface area contributed by atoms with E-state index >= 15 is 0 Å². The van der Waals surface area contributed by atoms with Crippen molar-refractivity contribution in [2.75, 3.05) is 0 Å². The van der Waals surface area contributed by atoms with Crippen molar-refractivity contribution in [3.05, 3.63) is 15.9 Å². The molecule has 1 saturated carbocycles. The Labute approximate surface area is 96.4 Å². The Morgan fingerprint density at radius 1 is 1.67 bits per heavy atom. The van der Waals surface area contributed by atoms with Gasteiger partial charge in [-0.1, -0.05) is 6.42 Å². The first-order valence-corrected chi connectivity index (χ1v) is 5.85. The fourth-order valence-corrected chi connectivity index (χ4v) is 2.21. The van der Waals surface area contributed by atoms with E-state index in [1.165, 1.54) is 19.3 Å². The van der Waals surface area contributed by atoms with Gasteiger partial charge in [-0.3, -0.25) is 4.68 Å². The normalized spacial score (nSPS) is 16.4. The number of halogens is 1. The number of carboxylic acid groups (broad SMARTS) is 1. The smallest absolute Gasteiger partial charge is 0.357 e. The van der Waals surface area contributed by atoms with Gasteiger partial charge in [-0.15, -0.1) is 0 Å². The molecule has 15 heavy (non-hydrogen) atoms. The molecule has 0 saturated heterocycles. The van der Waals surface area contributed by atoms with E-state index in [1.807, 2.05) is 6.92 Å². The van der Waals surface area contributed by atoms with Gasteiger partial charge in [-0.05, 0) is 41.6 Å². The van der Waals surface area contributed by atoms with Crippen molar-refractivity contribution in [1.29, 1.82) is 0 Å². The maximum Gasteiger partial charge on any atom is 0.357 e. The van der Waals surface area contributed by atoms with Gasteiger partial charge in [0.05, 0.1) is 10.2 Å². The summed E-state index contributed by atoms with van der Waals surface area (Å²) in [6.07, 6.45) is 3.76. The van der Waals surface area contributed by atoms with E-state index in [0.29, 0.717) is 10.4 Å². The van der Waals surface area contributed by atoms with Crippen molar-refractivity contribution < 1.29 is 9.90 Å². The van der Waals surface area contributed by atoms with Crippen molar-refractivity contribution in [1.82, 2.24) is 9.78 Å². The molecule has 1 aliphatic rings. The minimum atomic E-state index is -0.975. The molecule has 4 nitrogen and oxygen atoms in total. The molecule has 0 spiro atoms. The molecule has 0 radical (unpaired) electrons. The van der Waals surface area contributed by atoms with Gasteiger partial charge in [-0.2, -0.15) is 5.10 Å². The van der Waals surface area contributed by atoms with Crippen LogP contribution >= 0.6 is 15.9 Å². The van der Waals surface area contributed by atoms with Gasteiger partial charge in [0.1, 0.15) is 0 Å². The number of carboxylic acids is 1. The third-order valence-corrected chi connectivity index (χ3v) is 3.94. The van der Waals surface area contributed by atoms with Crippen LogP contribution in [0, 0.1) is 12.8 Å². The second-order valence-electron chi connectivity index (χ2n) is 4.03. The summed E-state index contributed by atoms with van der Waals surface area (Å²) in [6, 6.07) is 0. The molecule has 0 unspecified atom stereocenters. The van der Waals surface area contributed by atoms with Gasteiger partial charge in [0.2, 0.25) is 0 Å². The summed E-state index contributed by atoms with van der Waals surface area (Å²) in [7, 11) is 0. The van der Waals surface area contributed by atoms with Crippen LogP contribution in [0.4, 0.5) is 0 Å². The molecule has 0 aromatic carbocycles. The number of hydrogen-bond donors (Lipinski definition) is 1. The Morgan fingerprint density at radius 3 is 2.73 bits per heavy atom. The second-order valence-corrected chi connectivity index (χ2v) is 4.83. The maximum absolute atomic E-state index is 10.9. The average molecular weight is 273 g/mol. The van der Waals surface area contributed by atoms with Gasteiger partial charge < -0.3 is 5.11 Å². The first-order valence-electron chi connectivity index (χ1n) is 5.05. The Kier molecular flexibility index (Phi) is 2.82. The Balaban J connectivity index is 2.23. The zero-order valence-electron chi connectivity index (χ0n) is 8.53. The predicted octanol–water partition coefficient (Wildman–Crippen LogP) is 2.45. The lowest BCUT2D eigenvalue weighted by Gasteiger charge is -2.25. The highest BCUT2D eigenvalue weighted by atomic mass is 79.9. The lowest BCUT2D eigenvalue weighted by atomic mass is 9.85. The van der Waals surface area contributed by atoms with Crippen molar-refractivity contribution in [2.45, 2.75) is 32.7 Å². The van der Waals surface area contributed by atoms with E-state index in [0.717, 1.165) is 12.2 Å². The summed E-state index contributed by atoms with van der Waals surface area (Å²) in [5, 5.41) is 13.0. The van der Waals surface area contributed by atoms with Crippen LogP contribution in [0.2, 0.25) is 0 Å². The topological polar surface area (TPSA) is 55.1 Å². The number of aromatic carboxylic acids is 1. The summed E-state index contributed by atoms with van der Waals surface area (Å²) in [5.74, 6) is -0.297. The minimum Gasteiger partial charge on any atom is -0.476 e. The van der Waals surface area contributed by atoms with Gasteiger partial charge in [0, 0.05) is 6.54 Å². The molecule has 1 aliphatic carbocycles. The van der Waals surface area contributed by atoms with E-state index in [4.69, 9.17) is 5.11 Å². The molecule has 1 fully saturated rings. The molecule has 0 atom stereocenters. The average Bonchev–Trinajstić information content (AvgIpc) is 2.38. The third-order valence-electron chi connectivity index (χ3n) is 2.99. The standard InChI is InChI=1S/C10H13BrN2O2/c1-6-8(11)9(10(14)15)12-13(6)5-7-3-2-4-7/h7H,2-5H2,1H3,(H,14,15). The zero-order chi connectivity index (χ0) is 11.0. The van der Waals surface area contributed by atoms with Crippen LogP contribution in [0.25, 0.3) is 0 Å². The summed E-state index contributed by atoms with van der Waals surface area (Å²) in [6.45, 7) is 2.74. The van der Waals surface area contributed by atoms with Crippen LogP contribution in [0.1, 0.15) is 35.4 Å². The van der Waals surface area contributed by atoms with Gasteiger partial charge >= 0.3 is 5.97 Å². The Bertz CT molecular complexity index is 396. The highest BCUT2D eigenvalue weighted by molar-refractivity contribution is 9.10. The van der Waals surface area contributed by atoms with Gasteiger partial charge in [-0.25, -0.2) is 4.79 Å². The fraction of sp³-hybridized carbons (Fsp3) is 0.600. The van der Waals surface area contributed by atoms with Crippen molar-refractivity contribution in [3.63, 3.8) is 0 Å². The molecule has 1 heterocycles. The summed E-state index contributed by atoms with van der Waals surface area (Å²) in [4.78, 5) is 10.9. The van der Waals surface area contributed by atoms with Crippen molar-refractivity contribution in [3.8, 4) is 0 Å². The maximum atomic E-state index is 10.9. The molecule has 1 N–H and O–H groups in total. The second kappa shape index (κ2) is 3.96. The monoisotopic (exact) mass is 272 g/mol. The molecular formula is C10H13BrN2O2. The van der Waals surface area contributed by atoms with Crippen LogP contribution < -0.4 is 0 Å². The van der Waals surface area contributed by atoms with Gasteiger partial charge in [0.25, 0.3) is 0 Å². The molecule has 82 valence electrons.